The molecule has 1 amide bonds. The van der Waals surface area contributed by atoms with Crippen LogP contribution < -0.4 is 5.32 Å². The molecule has 1 aromatic carbocycles. The third-order valence-electron chi connectivity index (χ3n) is 8.28. The van der Waals surface area contributed by atoms with Gasteiger partial charge in [-0.15, -0.1) is 0 Å². The highest BCUT2D eigenvalue weighted by Crippen LogP contribution is 2.56. The van der Waals surface area contributed by atoms with Crippen molar-refractivity contribution in [3.05, 3.63) is 72.4 Å². The van der Waals surface area contributed by atoms with Gasteiger partial charge < -0.3 is 15.5 Å². The molecule has 0 bridgehead atoms. The molecule has 5 heteroatoms. The molecule has 2 aliphatic carbocycles. The van der Waals surface area contributed by atoms with Crippen LogP contribution in [0.4, 0.5) is 0 Å². The second kappa shape index (κ2) is 10.0. The van der Waals surface area contributed by atoms with Gasteiger partial charge in [-0.1, -0.05) is 81.8 Å². The topological polar surface area (TPSA) is 86.6 Å². The number of aliphatic hydroxyl groups is 2. The van der Waals surface area contributed by atoms with E-state index in [1.54, 1.807) is 0 Å². The van der Waals surface area contributed by atoms with Crippen LogP contribution in [-0.2, 0) is 16.0 Å². The van der Waals surface area contributed by atoms with Gasteiger partial charge in [0.05, 0.1) is 12.2 Å². The molecule has 1 heterocycles. The lowest BCUT2D eigenvalue weighted by Crippen LogP contribution is -2.58. The standard InChI is InChI=1S/C29H37NO4/c1-18-9-7-13-22(31)15-16-25(32)29-23(14-8-10-18)27(33)20(3)19(2)26(29)24(30-28(29)34)17-21-11-5-4-6-12-21/h4-6,8,11-12,14-16,18-19,22-24,26-27,31,33H,3,7,9-10,13,17H2,1-2H3,(H,30,34)/b14-8+,16-15+/t18?,19-,22-,23?,24+,26?,27-,29-/m1/s1. The number of benzene rings is 1. The summed E-state index contributed by atoms with van der Waals surface area (Å²) in [5.41, 5.74) is 0.306. The predicted octanol–water partition coefficient (Wildman–Crippen LogP) is 3.77. The number of aliphatic hydroxyl groups excluding tert-OH is 2. The molecule has 5 nitrogen and oxygen atoms in total. The molecule has 8 atom stereocenters. The molecule has 1 aromatic rings. The predicted molar refractivity (Wildman–Crippen MR) is 133 cm³/mol. The van der Waals surface area contributed by atoms with Crippen molar-refractivity contribution in [3.8, 4) is 0 Å². The largest absolute Gasteiger partial charge is 0.389 e. The molecule has 1 aliphatic heterocycles. The van der Waals surface area contributed by atoms with Crippen LogP contribution in [0, 0.1) is 29.1 Å². The fourth-order valence-corrected chi connectivity index (χ4v) is 6.37. The first kappa shape index (κ1) is 24.6. The molecule has 34 heavy (non-hydrogen) atoms. The van der Waals surface area contributed by atoms with Crippen LogP contribution in [0.2, 0.25) is 0 Å². The lowest BCUT2D eigenvalue weighted by atomic mass is 9.52. The van der Waals surface area contributed by atoms with E-state index in [0.29, 0.717) is 24.3 Å². The molecule has 0 aromatic heterocycles. The van der Waals surface area contributed by atoms with E-state index in [9.17, 15) is 19.8 Å². The maximum absolute atomic E-state index is 13.9. The number of carbonyl (C=O) groups excluding carboxylic acids is 2. The summed E-state index contributed by atoms with van der Waals surface area (Å²) in [7, 11) is 0. The van der Waals surface area contributed by atoms with Crippen molar-refractivity contribution in [3.63, 3.8) is 0 Å². The normalized spacial score (nSPS) is 40.7. The van der Waals surface area contributed by atoms with Crippen molar-refractivity contribution in [2.24, 2.45) is 29.1 Å². The molecule has 1 saturated heterocycles. The van der Waals surface area contributed by atoms with Crippen LogP contribution in [0.1, 0.15) is 45.1 Å². The molecule has 2 fully saturated rings. The number of carbonyl (C=O) groups is 2. The summed E-state index contributed by atoms with van der Waals surface area (Å²) in [6.45, 7) is 8.32. The lowest BCUT2D eigenvalue weighted by Gasteiger charge is -2.48. The number of hydrogen-bond acceptors (Lipinski definition) is 4. The first-order valence-corrected chi connectivity index (χ1v) is 12.6. The molecule has 1 saturated carbocycles. The zero-order chi connectivity index (χ0) is 24.5. The van der Waals surface area contributed by atoms with Crippen LogP contribution in [-0.4, -0.2) is 40.2 Å². The van der Waals surface area contributed by atoms with Crippen molar-refractivity contribution < 1.29 is 19.8 Å². The molecule has 182 valence electrons. The zero-order valence-electron chi connectivity index (χ0n) is 20.2. The molecular formula is C29H37NO4. The van der Waals surface area contributed by atoms with Crippen LogP contribution >= 0.6 is 0 Å². The highest BCUT2D eigenvalue weighted by atomic mass is 16.3. The van der Waals surface area contributed by atoms with Gasteiger partial charge in [-0.05, 0) is 48.3 Å². The van der Waals surface area contributed by atoms with Gasteiger partial charge >= 0.3 is 0 Å². The number of nitrogens with one attached hydrogen (secondary N) is 1. The minimum atomic E-state index is -1.44. The first-order valence-electron chi connectivity index (χ1n) is 12.6. The number of allylic oxidation sites excluding steroid dienone is 2. The Morgan fingerprint density at radius 2 is 1.82 bits per heavy atom. The number of hydrogen-bond donors (Lipinski definition) is 3. The second-order valence-corrected chi connectivity index (χ2v) is 10.5. The van der Waals surface area contributed by atoms with Gasteiger partial charge in [0, 0.05) is 17.9 Å². The highest BCUT2D eigenvalue weighted by Gasteiger charge is 2.68. The Morgan fingerprint density at radius 3 is 2.56 bits per heavy atom. The Labute approximate surface area is 202 Å². The Kier molecular flexibility index (Phi) is 7.25. The minimum Gasteiger partial charge on any atom is -0.389 e. The van der Waals surface area contributed by atoms with E-state index in [2.05, 4.69) is 18.8 Å². The molecule has 1 spiro atoms. The van der Waals surface area contributed by atoms with E-state index in [-0.39, 0.29) is 29.6 Å². The second-order valence-electron chi connectivity index (χ2n) is 10.5. The summed E-state index contributed by atoms with van der Waals surface area (Å²) in [5, 5.41) is 24.9. The summed E-state index contributed by atoms with van der Waals surface area (Å²) in [4.78, 5) is 27.7. The SMILES string of the molecule is C=C1[C@@H](C)C2[C@H](Cc3ccccc3)NC(=O)[C@]23C(=O)/C=C/[C@H](O)CCCC(C)C/C=C/C3[C@@H]1O. The summed E-state index contributed by atoms with van der Waals surface area (Å²) >= 11 is 0. The van der Waals surface area contributed by atoms with E-state index in [4.69, 9.17) is 0 Å². The van der Waals surface area contributed by atoms with E-state index in [0.717, 1.165) is 24.8 Å². The molecule has 0 radical (unpaired) electrons. The van der Waals surface area contributed by atoms with Gasteiger partial charge in [-0.25, -0.2) is 0 Å². The van der Waals surface area contributed by atoms with E-state index in [1.165, 1.54) is 12.2 Å². The Hall–Kier alpha value is -2.50. The van der Waals surface area contributed by atoms with Gasteiger partial charge in [0.2, 0.25) is 5.91 Å². The Bertz CT molecular complexity index is 983. The van der Waals surface area contributed by atoms with Gasteiger partial charge in [0.15, 0.2) is 5.78 Å². The quantitative estimate of drug-likeness (QED) is 0.460. The fourth-order valence-electron chi connectivity index (χ4n) is 6.37. The maximum atomic E-state index is 13.9. The number of rotatable bonds is 2. The van der Waals surface area contributed by atoms with Gasteiger partial charge in [0.1, 0.15) is 5.41 Å². The molecular weight excluding hydrogens is 426 g/mol. The summed E-state index contributed by atoms with van der Waals surface area (Å²) < 4.78 is 0. The zero-order valence-corrected chi connectivity index (χ0v) is 20.2. The number of ketones is 1. The van der Waals surface area contributed by atoms with Crippen LogP contribution in [0.25, 0.3) is 0 Å². The van der Waals surface area contributed by atoms with Crippen LogP contribution in [0.3, 0.4) is 0 Å². The summed E-state index contributed by atoms with van der Waals surface area (Å²) in [5.74, 6) is -1.57. The maximum Gasteiger partial charge on any atom is 0.235 e. The van der Waals surface area contributed by atoms with Gasteiger partial charge in [-0.2, -0.15) is 0 Å². The molecule has 3 N–H and O–H groups in total. The van der Waals surface area contributed by atoms with E-state index < -0.39 is 23.5 Å². The summed E-state index contributed by atoms with van der Waals surface area (Å²) in [6, 6.07) is 9.68. The molecule has 4 rings (SSSR count). The van der Waals surface area contributed by atoms with Crippen molar-refractivity contribution in [2.75, 3.05) is 0 Å². The number of amides is 1. The molecule has 3 unspecified atom stereocenters. The Balaban J connectivity index is 1.83. The van der Waals surface area contributed by atoms with E-state index >= 15 is 0 Å². The minimum absolute atomic E-state index is 0.232. The van der Waals surface area contributed by atoms with Crippen molar-refractivity contribution >= 4 is 11.7 Å². The van der Waals surface area contributed by atoms with Crippen molar-refractivity contribution in [1.82, 2.24) is 5.32 Å². The summed E-state index contributed by atoms with van der Waals surface area (Å²) in [6.07, 6.45) is 8.88. The van der Waals surface area contributed by atoms with Gasteiger partial charge in [-0.3, -0.25) is 9.59 Å². The van der Waals surface area contributed by atoms with Crippen molar-refractivity contribution in [1.29, 1.82) is 0 Å². The first-order chi connectivity index (χ1) is 16.3. The Morgan fingerprint density at radius 1 is 1.09 bits per heavy atom. The molecule has 3 aliphatic rings. The van der Waals surface area contributed by atoms with Crippen LogP contribution in [0.15, 0.2) is 66.8 Å². The van der Waals surface area contributed by atoms with E-state index in [1.807, 2.05) is 49.4 Å². The fraction of sp³-hybridized carbons (Fsp3) is 0.517. The smallest absolute Gasteiger partial charge is 0.235 e. The van der Waals surface area contributed by atoms with Crippen LogP contribution in [0.5, 0.6) is 0 Å². The van der Waals surface area contributed by atoms with Crippen molar-refractivity contribution in [2.45, 2.75) is 64.2 Å². The average Bonchev–Trinajstić information content (AvgIpc) is 3.11. The lowest BCUT2D eigenvalue weighted by molar-refractivity contribution is -0.148. The third kappa shape index (κ3) is 4.32. The third-order valence-corrected chi connectivity index (χ3v) is 8.28. The highest BCUT2D eigenvalue weighted by molar-refractivity contribution is 6.13. The average molecular weight is 464 g/mol. The van der Waals surface area contributed by atoms with Gasteiger partial charge in [0.25, 0.3) is 0 Å². The monoisotopic (exact) mass is 463 g/mol.